The molecule has 8 heteroatoms. The first-order chi connectivity index (χ1) is 17.6. The van der Waals surface area contributed by atoms with Crippen LogP contribution in [0.4, 0.5) is 0 Å². The van der Waals surface area contributed by atoms with Gasteiger partial charge >= 0.3 is 0 Å². The molecule has 0 atom stereocenters. The van der Waals surface area contributed by atoms with Crippen molar-refractivity contribution < 1.29 is 9.21 Å². The van der Waals surface area contributed by atoms with E-state index in [9.17, 15) is 4.79 Å². The number of aromatic amines is 1. The van der Waals surface area contributed by atoms with Crippen molar-refractivity contribution >= 4 is 29.0 Å². The van der Waals surface area contributed by atoms with Crippen molar-refractivity contribution in [2.45, 2.75) is 25.9 Å². The fraction of sp³-hybridized carbons (Fsp3) is 0.214. The number of hydrogen-bond acceptors (Lipinski definition) is 6. The number of carbonyl (C=O) groups excluding carboxylic acids is 1. The summed E-state index contributed by atoms with van der Waals surface area (Å²) in [5.74, 6) is 1.23. The minimum absolute atomic E-state index is 0.0115. The SMILES string of the molecule is O=C(c1ccccc1)c1ccc2nc(-c3ccc(-c4nn(CN5CCCCC5)c(=S)o4)cc3)[nH]c2c1. The highest BCUT2D eigenvalue weighted by atomic mass is 32.1. The number of ketones is 1. The van der Waals surface area contributed by atoms with Crippen molar-refractivity contribution in [1.29, 1.82) is 0 Å². The molecule has 0 amide bonds. The number of H-pyrrole nitrogens is 1. The smallest absolute Gasteiger partial charge is 0.288 e. The Kier molecular flexibility index (Phi) is 6.04. The largest absolute Gasteiger partial charge is 0.409 e. The molecule has 6 rings (SSSR count). The van der Waals surface area contributed by atoms with Crippen LogP contribution in [0.3, 0.4) is 0 Å². The van der Waals surface area contributed by atoms with E-state index in [0.29, 0.717) is 28.5 Å². The monoisotopic (exact) mass is 495 g/mol. The van der Waals surface area contributed by atoms with Gasteiger partial charge in [-0.3, -0.25) is 9.69 Å². The number of piperidine rings is 1. The van der Waals surface area contributed by atoms with E-state index in [0.717, 1.165) is 41.1 Å². The van der Waals surface area contributed by atoms with Crippen LogP contribution in [0.15, 0.2) is 77.2 Å². The van der Waals surface area contributed by atoms with Gasteiger partial charge in [0.2, 0.25) is 5.89 Å². The van der Waals surface area contributed by atoms with Crippen LogP contribution in [0.2, 0.25) is 0 Å². The number of imidazole rings is 1. The Balaban J connectivity index is 1.22. The van der Waals surface area contributed by atoms with Gasteiger partial charge in [-0.1, -0.05) is 48.9 Å². The van der Waals surface area contributed by atoms with Crippen molar-refractivity contribution in [2.24, 2.45) is 0 Å². The average Bonchev–Trinajstić information content (AvgIpc) is 3.52. The van der Waals surface area contributed by atoms with E-state index in [1.54, 1.807) is 4.68 Å². The van der Waals surface area contributed by atoms with Gasteiger partial charge in [-0.2, -0.15) is 0 Å². The molecule has 3 aromatic carbocycles. The van der Waals surface area contributed by atoms with Gasteiger partial charge in [-0.15, -0.1) is 5.10 Å². The zero-order valence-corrected chi connectivity index (χ0v) is 20.5. The number of rotatable bonds is 6. The van der Waals surface area contributed by atoms with Gasteiger partial charge < -0.3 is 9.40 Å². The molecule has 0 bridgehead atoms. The molecular formula is C28H25N5O2S. The molecule has 1 fully saturated rings. The third-order valence-electron chi connectivity index (χ3n) is 6.57. The summed E-state index contributed by atoms with van der Waals surface area (Å²) in [6.45, 7) is 2.80. The second kappa shape index (κ2) is 9.64. The maximum Gasteiger partial charge on any atom is 0.288 e. The number of aromatic nitrogens is 4. The van der Waals surface area contributed by atoms with E-state index in [-0.39, 0.29) is 5.78 Å². The molecule has 1 N–H and O–H groups in total. The number of nitrogens with one attached hydrogen (secondary N) is 1. The Hall–Kier alpha value is -3.88. The van der Waals surface area contributed by atoms with Crippen molar-refractivity contribution in [3.63, 3.8) is 0 Å². The van der Waals surface area contributed by atoms with Crippen LogP contribution in [0.5, 0.6) is 0 Å². The molecule has 1 aliphatic heterocycles. The summed E-state index contributed by atoms with van der Waals surface area (Å²) in [5, 5.41) is 4.61. The maximum absolute atomic E-state index is 12.8. The third-order valence-corrected chi connectivity index (χ3v) is 6.87. The van der Waals surface area contributed by atoms with E-state index < -0.39 is 0 Å². The van der Waals surface area contributed by atoms with Gasteiger partial charge in [0.05, 0.1) is 17.7 Å². The molecule has 0 aliphatic carbocycles. The van der Waals surface area contributed by atoms with Gasteiger partial charge in [0.25, 0.3) is 4.84 Å². The summed E-state index contributed by atoms with van der Waals surface area (Å²) >= 11 is 5.41. The molecule has 36 heavy (non-hydrogen) atoms. The topological polar surface area (TPSA) is 79.9 Å². The first kappa shape index (κ1) is 22.6. The molecule has 2 aromatic heterocycles. The first-order valence-electron chi connectivity index (χ1n) is 12.1. The highest BCUT2D eigenvalue weighted by Crippen LogP contribution is 2.26. The fourth-order valence-corrected chi connectivity index (χ4v) is 4.79. The van der Waals surface area contributed by atoms with E-state index >= 15 is 0 Å². The zero-order chi connectivity index (χ0) is 24.5. The van der Waals surface area contributed by atoms with Crippen molar-refractivity contribution in [3.05, 3.63) is 88.8 Å². The minimum Gasteiger partial charge on any atom is -0.409 e. The molecule has 0 unspecified atom stereocenters. The first-order valence-corrected chi connectivity index (χ1v) is 12.6. The van der Waals surface area contributed by atoms with E-state index in [1.165, 1.54) is 19.3 Å². The second-order valence-corrected chi connectivity index (χ2v) is 9.43. The van der Waals surface area contributed by atoms with Gasteiger partial charge in [-0.25, -0.2) is 9.67 Å². The lowest BCUT2D eigenvalue weighted by Crippen LogP contribution is -2.32. The van der Waals surface area contributed by atoms with Crippen LogP contribution in [0.1, 0.15) is 35.2 Å². The Morgan fingerprint density at radius 3 is 2.44 bits per heavy atom. The highest BCUT2D eigenvalue weighted by molar-refractivity contribution is 7.71. The van der Waals surface area contributed by atoms with Crippen molar-refractivity contribution in [1.82, 2.24) is 24.6 Å². The maximum atomic E-state index is 12.8. The summed E-state index contributed by atoms with van der Waals surface area (Å²) in [6, 6.07) is 22.7. The minimum atomic E-state index is -0.0115. The third kappa shape index (κ3) is 4.53. The Bertz CT molecular complexity index is 1580. The predicted octanol–water partition coefficient (Wildman–Crippen LogP) is 6.09. The number of nitrogens with zero attached hydrogens (tertiary/aromatic N) is 4. The Morgan fingerprint density at radius 1 is 0.917 bits per heavy atom. The fourth-order valence-electron chi connectivity index (χ4n) is 4.62. The normalized spacial score (nSPS) is 14.3. The van der Waals surface area contributed by atoms with E-state index in [1.807, 2.05) is 72.8 Å². The second-order valence-electron chi connectivity index (χ2n) is 9.08. The number of hydrogen-bond donors (Lipinski definition) is 1. The summed E-state index contributed by atoms with van der Waals surface area (Å²) < 4.78 is 7.55. The molecule has 3 heterocycles. The lowest BCUT2D eigenvalue weighted by molar-refractivity contribution is 0.103. The Labute approximate surface area is 213 Å². The van der Waals surface area contributed by atoms with E-state index in [2.05, 4.69) is 15.0 Å². The number of likely N-dealkylation sites (tertiary alicyclic amines) is 1. The number of carbonyl (C=O) groups is 1. The van der Waals surface area contributed by atoms with Crippen LogP contribution in [-0.2, 0) is 6.67 Å². The lowest BCUT2D eigenvalue weighted by atomic mass is 10.0. The molecular weight excluding hydrogens is 470 g/mol. The zero-order valence-electron chi connectivity index (χ0n) is 19.7. The quantitative estimate of drug-likeness (QED) is 0.227. The van der Waals surface area contributed by atoms with Gasteiger partial charge in [0.15, 0.2) is 5.78 Å². The standard InChI is InChI=1S/C28H25N5O2S/c34-25(19-7-3-1-4-8-19)22-13-14-23-24(17-22)30-26(29-23)20-9-11-21(12-10-20)27-31-33(28(36)35-27)18-32-15-5-2-6-16-32/h1,3-4,7-14,17H,2,5-6,15-16,18H2,(H,29,30). The summed E-state index contributed by atoms with van der Waals surface area (Å²) in [6.07, 6.45) is 3.72. The molecule has 7 nitrogen and oxygen atoms in total. The number of fused-ring (bicyclic) bond motifs is 1. The van der Waals surface area contributed by atoms with Gasteiger partial charge in [0, 0.05) is 22.3 Å². The van der Waals surface area contributed by atoms with Crippen molar-refractivity contribution in [3.8, 4) is 22.8 Å². The van der Waals surface area contributed by atoms with E-state index in [4.69, 9.17) is 21.6 Å². The summed E-state index contributed by atoms with van der Waals surface area (Å²) in [4.78, 5) is 23.6. The molecule has 1 aliphatic rings. The molecule has 0 spiro atoms. The van der Waals surface area contributed by atoms with Crippen LogP contribution < -0.4 is 0 Å². The van der Waals surface area contributed by atoms with Crippen LogP contribution in [0, 0.1) is 4.84 Å². The van der Waals surface area contributed by atoms with Crippen molar-refractivity contribution in [2.75, 3.05) is 13.1 Å². The predicted molar refractivity (Wildman–Crippen MR) is 141 cm³/mol. The van der Waals surface area contributed by atoms with Crippen LogP contribution >= 0.6 is 12.2 Å². The summed E-state index contributed by atoms with van der Waals surface area (Å²) in [7, 11) is 0. The van der Waals surface area contributed by atoms with Crippen LogP contribution in [0.25, 0.3) is 33.9 Å². The van der Waals surface area contributed by atoms with Gasteiger partial charge in [0.1, 0.15) is 5.82 Å². The number of benzene rings is 3. The van der Waals surface area contributed by atoms with Crippen LogP contribution in [-0.4, -0.2) is 43.5 Å². The molecule has 1 saturated heterocycles. The Morgan fingerprint density at radius 2 is 1.67 bits per heavy atom. The molecule has 5 aromatic rings. The highest BCUT2D eigenvalue weighted by Gasteiger charge is 2.15. The molecule has 180 valence electrons. The lowest BCUT2D eigenvalue weighted by Gasteiger charge is -2.25. The molecule has 0 saturated carbocycles. The molecule has 0 radical (unpaired) electrons. The average molecular weight is 496 g/mol. The van der Waals surface area contributed by atoms with Gasteiger partial charge in [-0.05, 0) is 68.5 Å². The summed E-state index contributed by atoms with van der Waals surface area (Å²) in [5.41, 5.74) is 4.70.